The second kappa shape index (κ2) is 17.8. The van der Waals surface area contributed by atoms with Crippen molar-refractivity contribution in [1.82, 2.24) is 20.0 Å². The predicted octanol–water partition coefficient (Wildman–Crippen LogP) is 5.70. The standard InChI is InChI=1S/C44H44ClN5O6/c45-22-20-34(30-8-3-1-4-9-30)40(31-10-5-2-6-11-31)32-14-16-33(17-15-32)56-29-28-48-24-26-49(27-25-48)39(52)21-23-46-36-13-7-12-35-41(36)44(55)50(43(35)54)37-18-19-38(51)47-42(37)53/h1-17,37,46H,18-29H2,(H,47,51,53)/b40-34-. The number of nitrogens with zero attached hydrogens (tertiary/aromatic N) is 3. The number of carbonyl (C=O) groups is 5. The van der Waals surface area contributed by atoms with Crippen molar-refractivity contribution >= 4 is 58.0 Å². The summed E-state index contributed by atoms with van der Waals surface area (Å²) in [4.78, 5) is 68.7. The van der Waals surface area contributed by atoms with Crippen molar-refractivity contribution in [3.63, 3.8) is 0 Å². The minimum atomic E-state index is -1.04. The lowest BCUT2D eigenvalue weighted by molar-refractivity contribution is -0.136. The third-order valence-electron chi connectivity index (χ3n) is 10.5. The number of rotatable bonds is 14. The fourth-order valence-electron chi connectivity index (χ4n) is 7.62. The molecular formula is C44H44ClN5O6. The van der Waals surface area contributed by atoms with Gasteiger partial charge in [-0.1, -0.05) is 78.9 Å². The summed E-state index contributed by atoms with van der Waals surface area (Å²) < 4.78 is 6.16. The fraction of sp³-hybridized carbons (Fsp3) is 0.295. The molecule has 3 aliphatic rings. The normalized spacial score (nSPS) is 17.7. The molecule has 4 aromatic carbocycles. The van der Waals surface area contributed by atoms with Crippen LogP contribution in [-0.2, 0) is 14.4 Å². The summed E-state index contributed by atoms with van der Waals surface area (Å²) in [6.45, 7) is 4.18. The summed E-state index contributed by atoms with van der Waals surface area (Å²) in [6, 6.07) is 32.8. The molecule has 0 aliphatic carbocycles. The number of imide groups is 2. The van der Waals surface area contributed by atoms with E-state index in [1.54, 1.807) is 18.2 Å². The van der Waals surface area contributed by atoms with Gasteiger partial charge in [-0.05, 0) is 64.9 Å². The first-order chi connectivity index (χ1) is 27.3. The third kappa shape index (κ3) is 8.54. The largest absolute Gasteiger partial charge is 0.492 e. The molecule has 56 heavy (non-hydrogen) atoms. The van der Waals surface area contributed by atoms with E-state index in [9.17, 15) is 24.0 Å². The molecule has 12 heteroatoms. The van der Waals surface area contributed by atoms with Crippen LogP contribution in [-0.4, -0.2) is 102 Å². The number of piperazine rings is 1. The van der Waals surface area contributed by atoms with Crippen LogP contribution in [0.2, 0.25) is 0 Å². The van der Waals surface area contributed by atoms with E-state index in [0.29, 0.717) is 31.3 Å². The van der Waals surface area contributed by atoms with Gasteiger partial charge in [0.05, 0.1) is 11.1 Å². The minimum absolute atomic E-state index is 0.000898. The maximum atomic E-state index is 13.4. The van der Waals surface area contributed by atoms with E-state index in [1.807, 2.05) is 29.2 Å². The second-order valence-electron chi connectivity index (χ2n) is 14.0. The molecule has 7 rings (SSSR count). The van der Waals surface area contributed by atoms with E-state index in [-0.39, 0.29) is 42.8 Å². The van der Waals surface area contributed by atoms with Crippen LogP contribution in [0, 0.1) is 0 Å². The van der Waals surface area contributed by atoms with Crippen molar-refractivity contribution in [2.45, 2.75) is 31.7 Å². The van der Waals surface area contributed by atoms with Crippen molar-refractivity contribution < 1.29 is 28.7 Å². The predicted molar refractivity (Wildman–Crippen MR) is 215 cm³/mol. The number of ether oxygens (including phenoxy) is 1. The fourth-order valence-corrected chi connectivity index (χ4v) is 7.81. The Bertz CT molecular complexity index is 2120. The Morgan fingerprint density at radius 2 is 1.45 bits per heavy atom. The zero-order valence-electron chi connectivity index (χ0n) is 31.0. The van der Waals surface area contributed by atoms with Crippen LogP contribution >= 0.6 is 11.6 Å². The topological polar surface area (TPSA) is 128 Å². The molecule has 2 N–H and O–H groups in total. The van der Waals surface area contributed by atoms with Crippen LogP contribution in [0.5, 0.6) is 5.75 Å². The molecule has 0 spiro atoms. The van der Waals surface area contributed by atoms with Gasteiger partial charge in [-0.15, -0.1) is 11.6 Å². The van der Waals surface area contributed by atoms with Gasteiger partial charge in [0.25, 0.3) is 11.8 Å². The SMILES string of the molecule is O=C1CCC(N2C(=O)c3cccc(NCCC(=O)N4CCN(CCOc5ccc(/C(=C(/CCCl)c6ccccc6)c6ccccc6)cc5)CC4)c3C2=O)C(=O)N1. The Morgan fingerprint density at radius 3 is 2.12 bits per heavy atom. The average Bonchev–Trinajstić information content (AvgIpc) is 3.48. The zero-order chi connectivity index (χ0) is 39.0. The Balaban J connectivity index is 0.880. The van der Waals surface area contributed by atoms with Crippen molar-refractivity contribution in [1.29, 1.82) is 0 Å². The molecule has 4 aromatic rings. The Morgan fingerprint density at radius 1 is 0.768 bits per heavy atom. The van der Waals surface area contributed by atoms with Crippen molar-refractivity contribution in [3.8, 4) is 5.75 Å². The van der Waals surface area contributed by atoms with E-state index in [2.05, 4.69) is 76.2 Å². The van der Waals surface area contributed by atoms with Gasteiger partial charge in [0.1, 0.15) is 18.4 Å². The number of piperidine rings is 1. The number of carbonyl (C=O) groups excluding carboxylic acids is 5. The first kappa shape index (κ1) is 38.5. The molecule has 0 aromatic heterocycles. The summed E-state index contributed by atoms with van der Waals surface area (Å²) in [5.41, 5.74) is 6.53. The van der Waals surface area contributed by atoms with E-state index < -0.39 is 29.7 Å². The van der Waals surface area contributed by atoms with Crippen LogP contribution in [0.3, 0.4) is 0 Å². The number of nitrogens with one attached hydrogen (secondary N) is 2. The highest BCUT2D eigenvalue weighted by Gasteiger charge is 2.45. The number of anilines is 1. The molecule has 2 fully saturated rings. The quantitative estimate of drug-likeness (QED) is 0.0950. The molecule has 3 aliphatic heterocycles. The number of hydrogen-bond acceptors (Lipinski definition) is 8. The van der Waals surface area contributed by atoms with E-state index in [0.717, 1.165) is 59.0 Å². The van der Waals surface area contributed by atoms with E-state index in [1.165, 1.54) is 5.57 Å². The zero-order valence-corrected chi connectivity index (χ0v) is 31.8. The molecular weight excluding hydrogens is 730 g/mol. The van der Waals surface area contributed by atoms with Crippen LogP contribution < -0.4 is 15.4 Å². The highest BCUT2D eigenvalue weighted by molar-refractivity contribution is 6.25. The lowest BCUT2D eigenvalue weighted by Crippen LogP contribution is -2.54. The molecule has 288 valence electrons. The molecule has 1 atom stereocenters. The monoisotopic (exact) mass is 773 g/mol. The Kier molecular flexibility index (Phi) is 12.2. The summed E-state index contributed by atoms with van der Waals surface area (Å²) >= 11 is 6.31. The molecule has 1 unspecified atom stereocenters. The van der Waals surface area contributed by atoms with Gasteiger partial charge < -0.3 is 15.0 Å². The maximum Gasteiger partial charge on any atom is 0.264 e. The lowest BCUT2D eigenvalue weighted by Gasteiger charge is -2.34. The maximum absolute atomic E-state index is 13.4. The molecule has 5 amide bonds. The van der Waals surface area contributed by atoms with Gasteiger partial charge in [-0.3, -0.25) is 39.1 Å². The molecule has 2 saturated heterocycles. The van der Waals surface area contributed by atoms with E-state index in [4.69, 9.17) is 16.3 Å². The highest BCUT2D eigenvalue weighted by atomic mass is 35.5. The summed E-state index contributed by atoms with van der Waals surface area (Å²) in [5.74, 6) is -0.931. The number of alkyl halides is 1. The summed E-state index contributed by atoms with van der Waals surface area (Å²) in [5, 5.41) is 5.37. The number of amides is 5. The minimum Gasteiger partial charge on any atom is -0.492 e. The Labute approximate surface area is 331 Å². The van der Waals surface area contributed by atoms with Gasteiger partial charge in [0.15, 0.2) is 0 Å². The van der Waals surface area contributed by atoms with E-state index >= 15 is 0 Å². The highest BCUT2D eigenvalue weighted by Crippen LogP contribution is 2.36. The third-order valence-corrected chi connectivity index (χ3v) is 10.7. The number of fused-ring (bicyclic) bond motifs is 1. The Hall–Kier alpha value is -5.78. The molecule has 11 nitrogen and oxygen atoms in total. The number of hydrogen-bond donors (Lipinski definition) is 2. The summed E-state index contributed by atoms with van der Waals surface area (Å²) in [6.07, 6.45) is 1.08. The summed E-state index contributed by atoms with van der Waals surface area (Å²) in [7, 11) is 0. The van der Waals surface area contributed by atoms with Crippen LogP contribution in [0.25, 0.3) is 11.1 Å². The number of allylic oxidation sites excluding steroid dienone is 1. The van der Waals surface area contributed by atoms with Gasteiger partial charge in [-0.25, -0.2) is 0 Å². The van der Waals surface area contributed by atoms with Gasteiger partial charge in [-0.2, -0.15) is 0 Å². The molecule has 0 radical (unpaired) electrons. The van der Waals surface area contributed by atoms with Crippen molar-refractivity contribution in [3.05, 3.63) is 131 Å². The van der Waals surface area contributed by atoms with Crippen molar-refractivity contribution in [2.24, 2.45) is 0 Å². The van der Waals surface area contributed by atoms with Crippen molar-refractivity contribution in [2.75, 3.05) is 57.1 Å². The second-order valence-corrected chi connectivity index (χ2v) is 14.3. The van der Waals surface area contributed by atoms with Crippen LogP contribution in [0.1, 0.15) is 63.1 Å². The lowest BCUT2D eigenvalue weighted by atomic mass is 9.88. The smallest absolute Gasteiger partial charge is 0.264 e. The van der Waals surface area contributed by atoms with Crippen LogP contribution in [0.4, 0.5) is 5.69 Å². The molecule has 0 saturated carbocycles. The van der Waals surface area contributed by atoms with Crippen LogP contribution in [0.15, 0.2) is 103 Å². The first-order valence-electron chi connectivity index (χ1n) is 19.0. The average molecular weight is 774 g/mol. The van der Waals surface area contributed by atoms with Gasteiger partial charge in [0, 0.05) is 63.7 Å². The first-order valence-corrected chi connectivity index (χ1v) is 19.6. The number of benzene rings is 4. The molecule has 0 bridgehead atoms. The van der Waals surface area contributed by atoms with Gasteiger partial charge in [0.2, 0.25) is 17.7 Å². The van der Waals surface area contributed by atoms with Gasteiger partial charge >= 0.3 is 0 Å². The molecule has 3 heterocycles. The number of halogens is 1.